The molecule has 0 aliphatic carbocycles. The highest BCUT2D eigenvalue weighted by molar-refractivity contribution is 6.35. The van der Waals surface area contributed by atoms with Crippen LogP contribution in [0.25, 0.3) is 43.5 Å². The summed E-state index contributed by atoms with van der Waals surface area (Å²) in [5.74, 6) is -0.662. The molecule has 0 atom stereocenters. The molecule has 0 radical (unpaired) electrons. The van der Waals surface area contributed by atoms with Gasteiger partial charge in [0.1, 0.15) is 0 Å². The number of hydrogen-bond donors (Lipinski definition) is 0. The van der Waals surface area contributed by atoms with Crippen LogP contribution in [0, 0.1) is 6.57 Å². The predicted molar refractivity (Wildman–Crippen MR) is 150 cm³/mol. The van der Waals surface area contributed by atoms with E-state index in [0.717, 1.165) is 32.9 Å². The maximum atomic E-state index is 13.9. The Morgan fingerprint density at radius 1 is 0.605 bits per heavy atom. The van der Waals surface area contributed by atoms with E-state index < -0.39 is 0 Å². The fourth-order valence-corrected chi connectivity index (χ4v) is 5.48. The van der Waals surface area contributed by atoms with Gasteiger partial charge in [-0.05, 0) is 35.9 Å². The van der Waals surface area contributed by atoms with Crippen molar-refractivity contribution in [1.82, 2.24) is 4.57 Å². The molecule has 0 spiro atoms. The van der Waals surface area contributed by atoms with Gasteiger partial charge in [0.15, 0.2) is 5.69 Å². The smallest absolute Gasteiger partial charge is 0.268 e. The largest absolute Gasteiger partial charge is 0.308 e. The molecule has 0 saturated heterocycles. The standard InChI is InChI=1S/C33H19N3O2/c1-34-22-19-17-21(18-20-22)24-12-7-13-26-25-11-5-6-15-28(25)36(31(24)26)29-16-8-14-27-30(29)33(38)35(32(27)37)23-9-3-2-4-10-23/h2-20H. The fourth-order valence-electron chi connectivity index (χ4n) is 5.48. The van der Waals surface area contributed by atoms with E-state index in [1.54, 1.807) is 18.2 Å². The normalized spacial score (nSPS) is 12.8. The van der Waals surface area contributed by atoms with Crippen molar-refractivity contribution in [2.24, 2.45) is 0 Å². The third-order valence-electron chi connectivity index (χ3n) is 7.15. The number of benzene rings is 5. The van der Waals surface area contributed by atoms with Crippen LogP contribution in [-0.4, -0.2) is 16.4 Å². The highest BCUT2D eigenvalue weighted by Gasteiger charge is 2.39. The van der Waals surface area contributed by atoms with Gasteiger partial charge in [-0.1, -0.05) is 84.9 Å². The van der Waals surface area contributed by atoms with Crippen LogP contribution in [0.2, 0.25) is 0 Å². The van der Waals surface area contributed by atoms with Crippen molar-refractivity contribution in [1.29, 1.82) is 0 Å². The highest BCUT2D eigenvalue weighted by Crippen LogP contribution is 2.41. The van der Waals surface area contributed by atoms with Gasteiger partial charge in [0, 0.05) is 16.3 Å². The highest BCUT2D eigenvalue weighted by atomic mass is 16.2. The Morgan fingerprint density at radius 2 is 1.29 bits per heavy atom. The second-order valence-corrected chi connectivity index (χ2v) is 9.19. The van der Waals surface area contributed by atoms with E-state index in [1.165, 1.54) is 4.90 Å². The first-order valence-corrected chi connectivity index (χ1v) is 12.2. The minimum atomic E-state index is -0.336. The zero-order valence-corrected chi connectivity index (χ0v) is 20.1. The Bertz CT molecular complexity index is 1960. The number of carbonyl (C=O) groups is 2. The summed E-state index contributed by atoms with van der Waals surface area (Å²) in [4.78, 5) is 32.1. The van der Waals surface area contributed by atoms with Crippen molar-refractivity contribution in [3.8, 4) is 16.8 Å². The Balaban J connectivity index is 1.55. The predicted octanol–water partition coefficient (Wildman–Crippen LogP) is 7.80. The molecule has 0 bridgehead atoms. The third-order valence-corrected chi connectivity index (χ3v) is 7.15. The molecule has 0 unspecified atom stereocenters. The summed E-state index contributed by atoms with van der Waals surface area (Å²) in [5.41, 5.74) is 6.40. The van der Waals surface area contributed by atoms with Gasteiger partial charge in [-0.15, -0.1) is 0 Å². The maximum Gasteiger partial charge on any atom is 0.268 e. The minimum absolute atomic E-state index is 0.325. The van der Waals surface area contributed by atoms with Crippen molar-refractivity contribution in [3.63, 3.8) is 0 Å². The number of amides is 2. The van der Waals surface area contributed by atoms with E-state index in [-0.39, 0.29) is 11.8 Å². The summed E-state index contributed by atoms with van der Waals surface area (Å²) in [5, 5.41) is 2.10. The summed E-state index contributed by atoms with van der Waals surface area (Å²) in [6.07, 6.45) is 0. The number of imide groups is 1. The van der Waals surface area contributed by atoms with Gasteiger partial charge in [-0.25, -0.2) is 9.74 Å². The summed E-state index contributed by atoms with van der Waals surface area (Å²) in [7, 11) is 0. The van der Waals surface area contributed by atoms with Crippen LogP contribution < -0.4 is 4.90 Å². The molecule has 1 aromatic heterocycles. The number of anilines is 1. The van der Waals surface area contributed by atoms with Gasteiger partial charge in [-0.2, -0.15) is 0 Å². The van der Waals surface area contributed by atoms with Crippen LogP contribution >= 0.6 is 0 Å². The quantitative estimate of drug-likeness (QED) is 0.188. The van der Waals surface area contributed by atoms with Crippen molar-refractivity contribution in [2.75, 3.05) is 4.90 Å². The first-order chi connectivity index (χ1) is 18.7. The van der Waals surface area contributed by atoms with E-state index in [9.17, 15) is 9.59 Å². The molecule has 2 amide bonds. The topological polar surface area (TPSA) is 46.7 Å². The van der Waals surface area contributed by atoms with Gasteiger partial charge >= 0.3 is 0 Å². The Hall–Kier alpha value is -5.47. The fraction of sp³-hybridized carbons (Fsp3) is 0. The lowest BCUT2D eigenvalue weighted by atomic mass is 10.0. The lowest BCUT2D eigenvalue weighted by Crippen LogP contribution is -2.29. The average molecular weight is 490 g/mol. The SMILES string of the molecule is [C-]#[N+]c1ccc(-c2cccc3c4ccccc4n(-c4cccc5c4C(=O)N(c4ccccc4)C5=O)c23)cc1. The molecular formula is C33H19N3O2. The number of para-hydroxylation sites is 3. The van der Waals surface area contributed by atoms with Gasteiger partial charge in [-0.3, -0.25) is 9.59 Å². The molecule has 2 heterocycles. The minimum Gasteiger partial charge on any atom is -0.308 e. The summed E-state index contributed by atoms with van der Waals surface area (Å²) in [6, 6.07) is 36.3. The van der Waals surface area contributed by atoms with Gasteiger partial charge in [0.05, 0.1) is 40.1 Å². The number of hydrogen-bond acceptors (Lipinski definition) is 2. The third kappa shape index (κ3) is 3.04. The van der Waals surface area contributed by atoms with E-state index in [1.807, 2.05) is 78.9 Å². The number of carbonyl (C=O) groups excluding carboxylic acids is 2. The van der Waals surface area contributed by atoms with Crippen molar-refractivity contribution >= 4 is 45.0 Å². The molecule has 178 valence electrons. The molecule has 7 rings (SSSR count). The van der Waals surface area contributed by atoms with E-state index in [4.69, 9.17) is 6.57 Å². The molecule has 0 fully saturated rings. The second-order valence-electron chi connectivity index (χ2n) is 9.19. The Kier molecular flexibility index (Phi) is 4.75. The van der Waals surface area contributed by atoms with Crippen molar-refractivity contribution in [3.05, 3.63) is 138 Å². The van der Waals surface area contributed by atoms with Crippen LogP contribution in [0.5, 0.6) is 0 Å². The van der Waals surface area contributed by atoms with Crippen LogP contribution in [-0.2, 0) is 0 Å². The summed E-state index contributed by atoms with van der Waals surface area (Å²) < 4.78 is 2.10. The zero-order chi connectivity index (χ0) is 25.8. The molecule has 1 aliphatic heterocycles. The van der Waals surface area contributed by atoms with Gasteiger partial charge in [0.2, 0.25) is 0 Å². The van der Waals surface area contributed by atoms with Crippen LogP contribution in [0.1, 0.15) is 20.7 Å². The molecule has 5 aromatic carbocycles. The Morgan fingerprint density at radius 3 is 2.08 bits per heavy atom. The van der Waals surface area contributed by atoms with Crippen LogP contribution in [0.3, 0.4) is 0 Å². The average Bonchev–Trinajstić information content (AvgIpc) is 3.45. The Labute approximate surface area is 218 Å². The monoisotopic (exact) mass is 489 g/mol. The molecule has 5 heteroatoms. The number of rotatable bonds is 3. The second kappa shape index (κ2) is 8.29. The number of nitrogens with zero attached hydrogens (tertiary/aromatic N) is 3. The van der Waals surface area contributed by atoms with Gasteiger partial charge in [0.25, 0.3) is 11.8 Å². The van der Waals surface area contributed by atoms with Crippen molar-refractivity contribution < 1.29 is 9.59 Å². The van der Waals surface area contributed by atoms with Crippen molar-refractivity contribution in [2.45, 2.75) is 0 Å². The summed E-state index contributed by atoms with van der Waals surface area (Å²) in [6.45, 7) is 7.31. The first kappa shape index (κ1) is 21.8. The first-order valence-electron chi connectivity index (χ1n) is 12.2. The van der Waals surface area contributed by atoms with E-state index in [0.29, 0.717) is 28.2 Å². The molecule has 0 N–H and O–H groups in total. The number of fused-ring (bicyclic) bond motifs is 4. The number of aromatic nitrogens is 1. The molecule has 38 heavy (non-hydrogen) atoms. The summed E-state index contributed by atoms with van der Waals surface area (Å²) >= 11 is 0. The van der Waals surface area contributed by atoms with E-state index >= 15 is 0 Å². The molecule has 1 aliphatic rings. The maximum absolute atomic E-state index is 13.9. The zero-order valence-electron chi connectivity index (χ0n) is 20.1. The molecule has 5 nitrogen and oxygen atoms in total. The van der Waals surface area contributed by atoms with Crippen LogP contribution in [0.4, 0.5) is 11.4 Å². The van der Waals surface area contributed by atoms with Gasteiger partial charge < -0.3 is 4.57 Å². The lowest BCUT2D eigenvalue weighted by Gasteiger charge is -2.15. The molecule has 6 aromatic rings. The van der Waals surface area contributed by atoms with Crippen LogP contribution in [0.15, 0.2) is 115 Å². The lowest BCUT2D eigenvalue weighted by molar-refractivity contribution is 0.0926. The molecule has 0 saturated carbocycles. The van der Waals surface area contributed by atoms with E-state index in [2.05, 4.69) is 27.6 Å². The molecular weight excluding hydrogens is 470 g/mol.